The topological polar surface area (TPSA) is 159 Å². The van der Waals surface area contributed by atoms with Crippen molar-refractivity contribution < 1.29 is 64.8 Å². The Balaban J connectivity index is 1.25. The molecule has 0 aliphatic carbocycles. The first kappa shape index (κ1) is 39.2. The van der Waals surface area contributed by atoms with E-state index in [0.717, 1.165) is 0 Å². The van der Waals surface area contributed by atoms with Crippen LogP contribution in [0.15, 0.2) is 72.8 Å². The number of benzene rings is 3. The molecule has 3 aromatic carbocycles. The standard InChI is InChI=1S/C34H35F5N2O9/c35-33(36,34(37,38)39)12-1-13-47-28-9-5-24(6-10-28)32(44)50-29-7-2-23(3-8-29)4-11-30(42)48-18-16-45-14-15-46-17-19-49-31(43)25-20-26(40)22-27(41)21-25/h2-11,20-22H,1,12-19,40-41H2/b11-4+. The van der Waals surface area contributed by atoms with E-state index in [1.54, 1.807) is 12.1 Å². The smallest absolute Gasteiger partial charge is 0.453 e. The van der Waals surface area contributed by atoms with E-state index in [2.05, 4.69) is 0 Å². The fourth-order valence-electron chi connectivity index (χ4n) is 3.93. The first-order chi connectivity index (χ1) is 23.7. The summed E-state index contributed by atoms with van der Waals surface area (Å²) in [6, 6.07) is 16.1. The van der Waals surface area contributed by atoms with Crippen LogP contribution in [-0.4, -0.2) is 76.3 Å². The van der Waals surface area contributed by atoms with Crippen molar-refractivity contribution in [2.45, 2.75) is 24.9 Å². The third kappa shape index (κ3) is 13.7. The van der Waals surface area contributed by atoms with Crippen molar-refractivity contribution >= 4 is 35.4 Å². The fourth-order valence-corrected chi connectivity index (χ4v) is 3.93. The lowest BCUT2D eigenvalue weighted by molar-refractivity contribution is -0.284. The molecule has 0 radical (unpaired) electrons. The molecule has 4 N–H and O–H groups in total. The number of nitrogen functional groups attached to an aromatic ring is 2. The Kier molecular flexibility index (Phi) is 15.0. The molecule has 0 aliphatic rings. The Morgan fingerprint density at radius 3 is 1.80 bits per heavy atom. The molecule has 16 heteroatoms. The summed E-state index contributed by atoms with van der Waals surface area (Å²) in [5, 5.41) is 0. The van der Waals surface area contributed by atoms with Crippen LogP contribution in [0.1, 0.15) is 39.1 Å². The van der Waals surface area contributed by atoms with Crippen LogP contribution >= 0.6 is 0 Å². The van der Waals surface area contributed by atoms with Gasteiger partial charge in [0.05, 0.1) is 44.2 Å². The van der Waals surface area contributed by atoms with Gasteiger partial charge in [0.15, 0.2) is 0 Å². The van der Waals surface area contributed by atoms with Gasteiger partial charge in [0.25, 0.3) is 0 Å². The molecule has 0 aromatic heterocycles. The van der Waals surface area contributed by atoms with Gasteiger partial charge in [0, 0.05) is 23.9 Å². The monoisotopic (exact) mass is 710 g/mol. The number of ether oxygens (including phenoxy) is 6. The predicted octanol–water partition coefficient (Wildman–Crippen LogP) is 5.87. The van der Waals surface area contributed by atoms with Crippen LogP contribution in [-0.2, 0) is 23.7 Å². The highest BCUT2D eigenvalue weighted by atomic mass is 19.4. The first-order valence-electron chi connectivity index (χ1n) is 15.1. The van der Waals surface area contributed by atoms with Crippen LogP contribution in [0, 0.1) is 0 Å². The van der Waals surface area contributed by atoms with Gasteiger partial charge in [-0.1, -0.05) is 12.1 Å². The molecule has 0 bridgehead atoms. The average Bonchev–Trinajstić information content (AvgIpc) is 3.06. The summed E-state index contributed by atoms with van der Waals surface area (Å²) in [7, 11) is 0. The maximum Gasteiger partial charge on any atom is 0.453 e. The van der Waals surface area contributed by atoms with Gasteiger partial charge < -0.3 is 39.9 Å². The second-order valence-corrected chi connectivity index (χ2v) is 10.4. The van der Waals surface area contributed by atoms with Crippen molar-refractivity contribution in [1.82, 2.24) is 0 Å². The van der Waals surface area contributed by atoms with Gasteiger partial charge in [-0.25, -0.2) is 14.4 Å². The SMILES string of the molecule is Nc1cc(N)cc(C(=O)OCCOCCOCCOC(=O)/C=C/c2ccc(OC(=O)c3ccc(OCCCC(F)(F)C(F)(F)F)cc3)cc2)c1. The molecule has 50 heavy (non-hydrogen) atoms. The maximum atomic E-state index is 13.0. The van der Waals surface area contributed by atoms with E-state index >= 15 is 0 Å². The van der Waals surface area contributed by atoms with E-state index in [1.165, 1.54) is 66.7 Å². The molecule has 0 saturated heterocycles. The van der Waals surface area contributed by atoms with E-state index in [4.69, 9.17) is 39.9 Å². The van der Waals surface area contributed by atoms with E-state index in [9.17, 15) is 36.3 Å². The Morgan fingerprint density at radius 1 is 0.640 bits per heavy atom. The first-order valence-corrected chi connectivity index (χ1v) is 15.1. The normalized spacial score (nSPS) is 11.7. The number of esters is 3. The Labute approximate surface area is 283 Å². The minimum atomic E-state index is -5.61. The summed E-state index contributed by atoms with van der Waals surface area (Å²) in [6.45, 7) is 0.415. The van der Waals surface area contributed by atoms with Gasteiger partial charge in [-0.2, -0.15) is 22.0 Å². The highest BCUT2D eigenvalue weighted by Crippen LogP contribution is 2.38. The van der Waals surface area contributed by atoms with Crippen molar-refractivity contribution in [3.8, 4) is 11.5 Å². The van der Waals surface area contributed by atoms with Gasteiger partial charge in [-0.05, 0) is 72.7 Å². The zero-order valence-corrected chi connectivity index (χ0v) is 26.6. The number of rotatable bonds is 19. The fraction of sp³-hybridized carbons (Fsp3) is 0.324. The van der Waals surface area contributed by atoms with Crippen LogP contribution in [0.3, 0.4) is 0 Å². The van der Waals surface area contributed by atoms with Crippen LogP contribution in [0.5, 0.6) is 11.5 Å². The Bertz CT molecular complexity index is 1560. The van der Waals surface area contributed by atoms with E-state index in [-0.39, 0.29) is 68.9 Å². The zero-order chi connectivity index (χ0) is 36.6. The van der Waals surface area contributed by atoms with E-state index in [1.807, 2.05) is 0 Å². The quantitative estimate of drug-likeness (QED) is 0.0383. The molecule has 0 atom stereocenters. The molecule has 3 rings (SSSR count). The summed E-state index contributed by atoms with van der Waals surface area (Å²) < 4.78 is 93.8. The number of hydrogen-bond acceptors (Lipinski definition) is 11. The molecular weight excluding hydrogens is 675 g/mol. The summed E-state index contributed by atoms with van der Waals surface area (Å²) in [6.07, 6.45) is -4.82. The molecule has 0 aliphatic heterocycles. The summed E-state index contributed by atoms with van der Waals surface area (Å²) in [5.41, 5.74) is 13.0. The lowest BCUT2D eigenvalue weighted by atomic mass is 10.2. The zero-order valence-electron chi connectivity index (χ0n) is 26.6. The number of nitrogens with two attached hydrogens (primary N) is 2. The van der Waals surface area contributed by atoms with E-state index in [0.29, 0.717) is 16.9 Å². The van der Waals surface area contributed by atoms with Crippen LogP contribution in [0.25, 0.3) is 6.08 Å². The molecule has 11 nitrogen and oxygen atoms in total. The summed E-state index contributed by atoms with van der Waals surface area (Å²) >= 11 is 0. The average molecular weight is 711 g/mol. The second-order valence-electron chi connectivity index (χ2n) is 10.4. The number of carbonyl (C=O) groups is 3. The molecular formula is C34H35F5N2O9. The third-order valence-electron chi connectivity index (χ3n) is 6.43. The van der Waals surface area contributed by atoms with Crippen molar-refractivity contribution in [2.24, 2.45) is 0 Å². The molecule has 3 aromatic rings. The molecule has 0 amide bonds. The van der Waals surface area contributed by atoms with Crippen molar-refractivity contribution in [3.05, 3.63) is 89.5 Å². The number of carbonyl (C=O) groups excluding carboxylic acids is 3. The molecule has 0 unspecified atom stereocenters. The molecule has 0 spiro atoms. The van der Waals surface area contributed by atoms with Crippen molar-refractivity contribution in [2.75, 3.05) is 57.7 Å². The van der Waals surface area contributed by atoms with Gasteiger partial charge in [-0.15, -0.1) is 0 Å². The lowest BCUT2D eigenvalue weighted by Crippen LogP contribution is -2.36. The Morgan fingerprint density at radius 2 is 1.20 bits per heavy atom. The highest BCUT2D eigenvalue weighted by Gasteiger charge is 2.56. The predicted molar refractivity (Wildman–Crippen MR) is 171 cm³/mol. The summed E-state index contributed by atoms with van der Waals surface area (Å²) in [4.78, 5) is 36.4. The third-order valence-corrected chi connectivity index (χ3v) is 6.43. The van der Waals surface area contributed by atoms with Crippen LogP contribution < -0.4 is 20.9 Å². The van der Waals surface area contributed by atoms with Gasteiger partial charge in [0.2, 0.25) is 0 Å². The maximum absolute atomic E-state index is 13.0. The van der Waals surface area contributed by atoms with Gasteiger partial charge >= 0.3 is 30.0 Å². The van der Waals surface area contributed by atoms with E-state index < -0.39 is 42.8 Å². The highest BCUT2D eigenvalue weighted by molar-refractivity contribution is 5.92. The molecule has 0 saturated carbocycles. The van der Waals surface area contributed by atoms with Crippen LogP contribution in [0.2, 0.25) is 0 Å². The number of halogens is 5. The minimum Gasteiger partial charge on any atom is -0.494 e. The van der Waals surface area contributed by atoms with Gasteiger partial charge in [0.1, 0.15) is 24.7 Å². The molecule has 0 heterocycles. The molecule has 0 fully saturated rings. The number of alkyl halides is 5. The number of hydrogen-bond donors (Lipinski definition) is 2. The number of anilines is 2. The van der Waals surface area contributed by atoms with Crippen molar-refractivity contribution in [3.63, 3.8) is 0 Å². The second kappa shape index (κ2) is 19.1. The van der Waals surface area contributed by atoms with Crippen molar-refractivity contribution in [1.29, 1.82) is 0 Å². The minimum absolute atomic E-state index is 0.00694. The largest absolute Gasteiger partial charge is 0.494 e. The molecule has 270 valence electrons. The lowest BCUT2D eigenvalue weighted by Gasteiger charge is -2.19. The van der Waals surface area contributed by atoms with Gasteiger partial charge in [-0.3, -0.25) is 0 Å². The summed E-state index contributed by atoms with van der Waals surface area (Å²) in [5.74, 6) is -6.27. The Hall–Kier alpha value is -5.22. The van der Waals surface area contributed by atoms with Crippen LogP contribution in [0.4, 0.5) is 33.3 Å².